The van der Waals surface area contributed by atoms with Crippen molar-refractivity contribution in [2.24, 2.45) is 5.73 Å². The fraction of sp³-hybridized carbons (Fsp3) is 0.143. The maximum absolute atomic E-state index is 13.0. The van der Waals surface area contributed by atoms with Gasteiger partial charge in [-0.2, -0.15) is 0 Å². The van der Waals surface area contributed by atoms with Crippen molar-refractivity contribution in [3.63, 3.8) is 0 Å². The molecule has 5 heteroatoms. The van der Waals surface area contributed by atoms with Crippen molar-refractivity contribution in [2.45, 2.75) is 6.42 Å². The van der Waals surface area contributed by atoms with E-state index in [9.17, 15) is 4.39 Å². The van der Waals surface area contributed by atoms with E-state index in [1.54, 1.807) is 12.1 Å². The number of hydrogen-bond donors (Lipinski definition) is 2. The van der Waals surface area contributed by atoms with Crippen molar-refractivity contribution in [1.82, 2.24) is 4.98 Å². The molecule has 19 heavy (non-hydrogen) atoms. The van der Waals surface area contributed by atoms with Crippen molar-refractivity contribution in [1.29, 1.82) is 0 Å². The summed E-state index contributed by atoms with van der Waals surface area (Å²) in [4.78, 5) is 4.54. The lowest BCUT2D eigenvalue weighted by atomic mass is 10.1. The molecule has 0 unspecified atom stereocenters. The van der Waals surface area contributed by atoms with Crippen LogP contribution in [0.3, 0.4) is 0 Å². The van der Waals surface area contributed by atoms with Crippen LogP contribution in [-0.4, -0.2) is 16.5 Å². The maximum Gasteiger partial charge on any atom is 0.126 e. The molecule has 0 spiro atoms. The highest BCUT2D eigenvalue weighted by Crippen LogP contribution is 2.07. The molecular formula is C14H14FN3S. The van der Waals surface area contributed by atoms with Crippen LogP contribution in [0, 0.1) is 5.82 Å². The van der Waals surface area contributed by atoms with Crippen LogP contribution in [-0.2, 0) is 6.42 Å². The molecule has 2 aromatic rings. The molecule has 1 aromatic heterocycles. The van der Waals surface area contributed by atoms with Crippen LogP contribution < -0.4 is 11.1 Å². The largest absolute Gasteiger partial charge is 0.388 e. The van der Waals surface area contributed by atoms with Crippen molar-refractivity contribution in [3.8, 4) is 0 Å². The first-order valence-electron chi connectivity index (χ1n) is 5.90. The highest BCUT2D eigenvalue weighted by Gasteiger charge is 2.00. The smallest absolute Gasteiger partial charge is 0.126 e. The van der Waals surface area contributed by atoms with Gasteiger partial charge < -0.3 is 11.1 Å². The zero-order valence-corrected chi connectivity index (χ0v) is 11.1. The Bertz CT molecular complexity index is 586. The van der Waals surface area contributed by atoms with Gasteiger partial charge >= 0.3 is 0 Å². The lowest BCUT2D eigenvalue weighted by Crippen LogP contribution is -2.13. The van der Waals surface area contributed by atoms with Crippen LogP contribution in [0.25, 0.3) is 0 Å². The molecule has 0 saturated heterocycles. The number of halogens is 1. The third-order valence-corrected chi connectivity index (χ3v) is 2.82. The van der Waals surface area contributed by atoms with E-state index in [0.29, 0.717) is 18.1 Å². The van der Waals surface area contributed by atoms with Gasteiger partial charge in [0.15, 0.2) is 0 Å². The molecule has 0 amide bonds. The average Bonchev–Trinajstić information content (AvgIpc) is 2.39. The molecule has 0 bridgehead atoms. The molecule has 0 aliphatic rings. The van der Waals surface area contributed by atoms with Gasteiger partial charge in [-0.15, -0.1) is 0 Å². The lowest BCUT2D eigenvalue weighted by molar-refractivity contribution is 0.625. The number of thiocarbonyl (C=S) groups is 1. The fourth-order valence-corrected chi connectivity index (χ4v) is 1.81. The number of nitrogens with zero attached hydrogens (tertiary/aromatic N) is 1. The van der Waals surface area contributed by atoms with Gasteiger partial charge in [-0.25, -0.2) is 9.37 Å². The third kappa shape index (κ3) is 3.99. The quantitative estimate of drug-likeness (QED) is 0.823. The summed E-state index contributed by atoms with van der Waals surface area (Å²) in [5, 5.41) is 3.16. The van der Waals surface area contributed by atoms with Crippen LogP contribution in [0.1, 0.15) is 11.3 Å². The minimum absolute atomic E-state index is 0.217. The summed E-state index contributed by atoms with van der Waals surface area (Å²) in [5.74, 6) is 0.493. The van der Waals surface area contributed by atoms with Crippen molar-refractivity contribution in [2.75, 3.05) is 11.9 Å². The molecule has 0 fully saturated rings. The van der Waals surface area contributed by atoms with Gasteiger partial charge in [0.2, 0.25) is 0 Å². The Morgan fingerprint density at radius 3 is 2.79 bits per heavy atom. The van der Waals surface area contributed by atoms with Crippen molar-refractivity contribution >= 4 is 23.0 Å². The van der Waals surface area contributed by atoms with E-state index in [1.165, 1.54) is 12.1 Å². The summed E-state index contributed by atoms with van der Waals surface area (Å²) in [6.07, 6.45) is 0.719. The van der Waals surface area contributed by atoms with Gasteiger partial charge in [0.1, 0.15) is 16.6 Å². The monoisotopic (exact) mass is 275 g/mol. The minimum atomic E-state index is -0.217. The van der Waals surface area contributed by atoms with E-state index in [0.717, 1.165) is 12.0 Å². The Labute approximate surface area is 116 Å². The van der Waals surface area contributed by atoms with Gasteiger partial charge in [-0.05, 0) is 36.2 Å². The first kappa shape index (κ1) is 13.4. The summed E-state index contributed by atoms with van der Waals surface area (Å²) in [7, 11) is 0. The topological polar surface area (TPSA) is 50.9 Å². The molecular weight excluding hydrogens is 261 g/mol. The van der Waals surface area contributed by atoms with Crippen LogP contribution in [0.4, 0.5) is 10.2 Å². The number of aromatic nitrogens is 1. The molecule has 1 heterocycles. The van der Waals surface area contributed by atoms with E-state index < -0.39 is 0 Å². The van der Waals surface area contributed by atoms with Gasteiger partial charge in [0.05, 0.1) is 5.69 Å². The second-order valence-electron chi connectivity index (χ2n) is 4.08. The SMILES string of the molecule is NC(=S)c1cccc(NCCc2cccc(F)c2)n1. The van der Waals surface area contributed by atoms with Gasteiger partial charge in [0, 0.05) is 6.54 Å². The number of pyridine rings is 1. The zero-order valence-electron chi connectivity index (χ0n) is 10.3. The molecule has 1 aromatic carbocycles. The van der Waals surface area contributed by atoms with Crippen LogP contribution in [0.15, 0.2) is 42.5 Å². The predicted molar refractivity (Wildman–Crippen MR) is 78.7 cm³/mol. The number of benzene rings is 1. The summed E-state index contributed by atoms with van der Waals surface area (Å²) < 4.78 is 13.0. The fourth-order valence-electron chi connectivity index (χ4n) is 1.70. The first-order chi connectivity index (χ1) is 9.15. The third-order valence-electron chi connectivity index (χ3n) is 2.61. The van der Waals surface area contributed by atoms with Gasteiger partial charge in [-0.1, -0.05) is 30.4 Å². The van der Waals surface area contributed by atoms with E-state index in [2.05, 4.69) is 10.3 Å². The Hall–Kier alpha value is -2.01. The van der Waals surface area contributed by atoms with E-state index >= 15 is 0 Å². The molecule has 3 nitrogen and oxygen atoms in total. The molecule has 0 aliphatic carbocycles. The predicted octanol–water partition coefficient (Wildman–Crippen LogP) is 2.51. The van der Waals surface area contributed by atoms with Gasteiger partial charge in [-0.3, -0.25) is 0 Å². The molecule has 3 N–H and O–H groups in total. The Morgan fingerprint density at radius 1 is 1.26 bits per heavy atom. The van der Waals surface area contributed by atoms with Crippen LogP contribution in [0.5, 0.6) is 0 Å². The normalized spacial score (nSPS) is 10.2. The molecule has 0 radical (unpaired) electrons. The van der Waals surface area contributed by atoms with Crippen LogP contribution >= 0.6 is 12.2 Å². The van der Waals surface area contributed by atoms with E-state index in [4.69, 9.17) is 18.0 Å². The second-order valence-corrected chi connectivity index (χ2v) is 4.52. The number of anilines is 1. The number of nitrogens with one attached hydrogen (secondary N) is 1. The molecule has 2 rings (SSSR count). The van der Waals surface area contributed by atoms with Gasteiger partial charge in [0.25, 0.3) is 0 Å². The highest BCUT2D eigenvalue weighted by molar-refractivity contribution is 7.80. The number of rotatable bonds is 5. The Balaban J connectivity index is 1.92. The molecule has 0 saturated carbocycles. The molecule has 0 atom stereocenters. The lowest BCUT2D eigenvalue weighted by Gasteiger charge is -2.07. The highest BCUT2D eigenvalue weighted by atomic mass is 32.1. The Kier molecular flexibility index (Phi) is 4.41. The number of nitrogens with two attached hydrogens (primary N) is 1. The molecule has 0 aliphatic heterocycles. The summed E-state index contributed by atoms with van der Waals surface area (Å²) in [6.45, 7) is 0.664. The van der Waals surface area contributed by atoms with Crippen LogP contribution in [0.2, 0.25) is 0 Å². The second kappa shape index (κ2) is 6.24. The summed E-state index contributed by atoms with van der Waals surface area (Å²) in [5.41, 5.74) is 7.05. The maximum atomic E-state index is 13.0. The van der Waals surface area contributed by atoms with Crippen molar-refractivity contribution in [3.05, 3.63) is 59.5 Å². The standard InChI is InChI=1S/C14H14FN3S/c15-11-4-1-3-10(9-11)7-8-17-13-6-2-5-12(18-13)14(16)19/h1-6,9H,7-8H2,(H2,16,19)(H,17,18). The minimum Gasteiger partial charge on any atom is -0.388 e. The summed E-state index contributed by atoms with van der Waals surface area (Å²) >= 11 is 4.87. The zero-order chi connectivity index (χ0) is 13.7. The Morgan fingerprint density at radius 2 is 2.05 bits per heavy atom. The van der Waals surface area contributed by atoms with E-state index in [-0.39, 0.29) is 10.8 Å². The average molecular weight is 275 g/mol. The van der Waals surface area contributed by atoms with E-state index in [1.807, 2.05) is 18.2 Å². The number of hydrogen-bond acceptors (Lipinski definition) is 3. The van der Waals surface area contributed by atoms with Crippen molar-refractivity contribution < 1.29 is 4.39 Å². The molecule has 98 valence electrons. The summed E-state index contributed by atoms with van der Waals surface area (Å²) in [6, 6.07) is 12.0. The first-order valence-corrected chi connectivity index (χ1v) is 6.31.